The largest absolute Gasteiger partial charge is 0.493 e. The van der Waals surface area contributed by atoms with Crippen LogP contribution in [0, 0.1) is 5.92 Å². The second-order valence-electron chi connectivity index (χ2n) is 9.21. The lowest BCUT2D eigenvalue weighted by molar-refractivity contribution is 0.203. The zero-order valence-corrected chi connectivity index (χ0v) is 18.3. The molecule has 2 heterocycles. The van der Waals surface area contributed by atoms with Crippen LogP contribution < -0.4 is 14.8 Å². The molecule has 1 saturated carbocycles. The van der Waals surface area contributed by atoms with E-state index in [2.05, 4.69) is 22.3 Å². The number of methoxy groups -OCH3 is 1. The molecule has 1 aromatic heterocycles. The molecule has 1 N–H and O–H groups in total. The molecular formula is C25H35N3O2. The van der Waals surface area contributed by atoms with Crippen molar-refractivity contribution in [2.45, 2.75) is 57.8 Å². The Morgan fingerprint density at radius 2 is 1.93 bits per heavy atom. The van der Waals surface area contributed by atoms with Gasteiger partial charge in [0.1, 0.15) is 0 Å². The Labute approximate surface area is 180 Å². The van der Waals surface area contributed by atoms with Crippen LogP contribution >= 0.6 is 0 Å². The number of benzene rings is 1. The summed E-state index contributed by atoms with van der Waals surface area (Å²) in [6, 6.07) is 4.23. The maximum atomic E-state index is 6.18. The zero-order valence-electron chi connectivity index (χ0n) is 18.3. The Kier molecular flexibility index (Phi) is 5.98. The minimum atomic E-state index is 0.718. The normalized spacial score (nSPS) is 19.1. The molecule has 1 aromatic carbocycles. The van der Waals surface area contributed by atoms with E-state index in [0.717, 1.165) is 61.9 Å². The van der Waals surface area contributed by atoms with E-state index >= 15 is 0 Å². The average Bonchev–Trinajstić information content (AvgIpc) is 3.49. The summed E-state index contributed by atoms with van der Waals surface area (Å²) >= 11 is 0. The molecular weight excluding hydrogens is 374 g/mol. The number of fused-ring (bicyclic) bond motifs is 2. The van der Waals surface area contributed by atoms with Crippen LogP contribution in [0.5, 0.6) is 11.5 Å². The van der Waals surface area contributed by atoms with Gasteiger partial charge >= 0.3 is 0 Å². The summed E-state index contributed by atoms with van der Waals surface area (Å²) in [5.74, 6) is 2.48. The molecule has 5 rings (SSSR count). The van der Waals surface area contributed by atoms with Crippen LogP contribution in [0.3, 0.4) is 0 Å². The molecule has 2 aromatic rings. The monoisotopic (exact) mass is 409 g/mol. The quantitative estimate of drug-likeness (QED) is 0.602. The van der Waals surface area contributed by atoms with Crippen LogP contribution in [-0.2, 0) is 12.8 Å². The number of anilines is 1. The molecule has 0 spiro atoms. The summed E-state index contributed by atoms with van der Waals surface area (Å²) in [7, 11) is 1.74. The van der Waals surface area contributed by atoms with Crippen LogP contribution in [0.1, 0.15) is 56.2 Å². The van der Waals surface area contributed by atoms with Gasteiger partial charge in [-0.3, -0.25) is 4.98 Å². The van der Waals surface area contributed by atoms with Gasteiger partial charge in [-0.15, -0.1) is 0 Å². The van der Waals surface area contributed by atoms with Crippen LogP contribution in [0.25, 0.3) is 10.9 Å². The van der Waals surface area contributed by atoms with Crippen molar-refractivity contribution in [3.05, 3.63) is 23.4 Å². The number of piperidine rings is 1. The number of likely N-dealkylation sites (tertiary alicyclic amines) is 1. The predicted octanol–water partition coefficient (Wildman–Crippen LogP) is 4.81. The van der Waals surface area contributed by atoms with Crippen molar-refractivity contribution in [2.75, 3.05) is 45.2 Å². The predicted molar refractivity (Wildman–Crippen MR) is 122 cm³/mol. The molecule has 1 saturated heterocycles. The summed E-state index contributed by atoms with van der Waals surface area (Å²) in [4.78, 5) is 7.58. The maximum absolute atomic E-state index is 6.18. The number of aryl methyl sites for hydroxylation is 1. The van der Waals surface area contributed by atoms with Crippen LogP contribution in [-0.4, -0.2) is 49.8 Å². The van der Waals surface area contributed by atoms with Gasteiger partial charge < -0.3 is 19.7 Å². The van der Waals surface area contributed by atoms with E-state index in [0.29, 0.717) is 0 Å². The van der Waals surface area contributed by atoms with Gasteiger partial charge in [0.25, 0.3) is 0 Å². The van der Waals surface area contributed by atoms with Gasteiger partial charge in [0.15, 0.2) is 11.5 Å². The summed E-state index contributed by atoms with van der Waals surface area (Å²) in [6.07, 6.45) is 11.2. The first kappa shape index (κ1) is 19.9. The van der Waals surface area contributed by atoms with Crippen molar-refractivity contribution in [1.29, 1.82) is 0 Å². The molecule has 5 nitrogen and oxygen atoms in total. The Morgan fingerprint density at radius 3 is 2.73 bits per heavy atom. The van der Waals surface area contributed by atoms with Gasteiger partial charge in [0.05, 0.1) is 19.2 Å². The molecule has 2 fully saturated rings. The van der Waals surface area contributed by atoms with Crippen molar-refractivity contribution in [3.63, 3.8) is 0 Å². The summed E-state index contributed by atoms with van der Waals surface area (Å²) < 4.78 is 11.9. The van der Waals surface area contributed by atoms with Gasteiger partial charge in [-0.05, 0) is 82.0 Å². The van der Waals surface area contributed by atoms with E-state index in [4.69, 9.17) is 14.5 Å². The molecule has 0 unspecified atom stereocenters. The molecule has 0 amide bonds. The Hall–Kier alpha value is -2.01. The Bertz CT molecular complexity index is 888. The highest BCUT2D eigenvalue weighted by atomic mass is 16.5. The Morgan fingerprint density at radius 1 is 1.07 bits per heavy atom. The molecule has 3 aliphatic rings. The summed E-state index contributed by atoms with van der Waals surface area (Å²) in [5, 5.41) is 4.94. The first-order valence-electron chi connectivity index (χ1n) is 11.9. The van der Waals surface area contributed by atoms with Gasteiger partial charge in [0, 0.05) is 35.9 Å². The lowest BCUT2D eigenvalue weighted by Crippen LogP contribution is -2.31. The number of nitrogens with one attached hydrogen (secondary N) is 1. The number of hydrogen-bond donors (Lipinski definition) is 1. The SMILES string of the molecule is COc1cc2c(NCC3CC3)c3c(nc2cc1OCCCN1CCCCC1)CCC3. The summed E-state index contributed by atoms with van der Waals surface area (Å²) in [6.45, 7) is 5.39. The van der Waals surface area contributed by atoms with E-state index in [9.17, 15) is 0 Å². The highest BCUT2D eigenvalue weighted by Gasteiger charge is 2.25. The molecule has 0 bridgehead atoms. The van der Waals surface area contributed by atoms with Crippen LogP contribution in [0.4, 0.5) is 5.69 Å². The molecule has 1 aliphatic heterocycles. The van der Waals surface area contributed by atoms with Gasteiger partial charge in [-0.2, -0.15) is 0 Å². The fourth-order valence-corrected chi connectivity index (χ4v) is 4.97. The number of ether oxygens (including phenoxy) is 2. The fourth-order valence-electron chi connectivity index (χ4n) is 4.97. The van der Waals surface area contributed by atoms with Crippen molar-refractivity contribution >= 4 is 16.6 Å². The van der Waals surface area contributed by atoms with Crippen molar-refractivity contribution in [2.24, 2.45) is 5.92 Å². The fraction of sp³-hybridized carbons (Fsp3) is 0.640. The first-order valence-corrected chi connectivity index (χ1v) is 11.9. The van der Waals surface area contributed by atoms with Crippen LogP contribution in [0.15, 0.2) is 12.1 Å². The molecule has 5 heteroatoms. The minimum Gasteiger partial charge on any atom is -0.493 e. The second kappa shape index (κ2) is 9.01. The van der Waals surface area contributed by atoms with E-state index in [1.54, 1.807) is 7.11 Å². The highest BCUT2D eigenvalue weighted by molar-refractivity contribution is 5.96. The molecule has 162 valence electrons. The number of aromatic nitrogens is 1. The smallest absolute Gasteiger partial charge is 0.163 e. The van der Waals surface area contributed by atoms with Gasteiger partial charge in [-0.25, -0.2) is 0 Å². The number of nitrogens with zero attached hydrogens (tertiary/aromatic N) is 2. The maximum Gasteiger partial charge on any atom is 0.163 e. The van der Waals surface area contributed by atoms with E-state index in [1.807, 2.05) is 0 Å². The number of rotatable bonds is 9. The zero-order chi connectivity index (χ0) is 20.3. The first-order chi connectivity index (χ1) is 14.8. The third-order valence-electron chi connectivity index (χ3n) is 6.89. The van der Waals surface area contributed by atoms with Crippen molar-refractivity contribution in [1.82, 2.24) is 9.88 Å². The molecule has 0 radical (unpaired) electrons. The van der Waals surface area contributed by atoms with E-state index in [-0.39, 0.29) is 0 Å². The van der Waals surface area contributed by atoms with Crippen molar-refractivity contribution in [3.8, 4) is 11.5 Å². The summed E-state index contributed by atoms with van der Waals surface area (Å²) in [5.41, 5.74) is 5.00. The number of hydrogen-bond acceptors (Lipinski definition) is 5. The van der Waals surface area contributed by atoms with E-state index < -0.39 is 0 Å². The lowest BCUT2D eigenvalue weighted by atomic mass is 10.1. The van der Waals surface area contributed by atoms with Gasteiger partial charge in [-0.1, -0.05) is 6.42 Å². The third kappa shape index (κ3) is 4.36. The van der Waals surface area contributed by atoms with E-state index in [1.165, 1.54) is 73.9 Å². The lowest BCUT2D eigenvalue weighted by Gasteiger charge is -2.26. The van der Waals surface area contributed by atoms with Crippen molar-refractivity contribution < 1.29 is 9.47 Å². The topological polar surface area (TPSA) is 46.6 Å². The van der Waals surface area contributed by atoms with Crippen LogP contribution in [0.2, 0.25) is 0 Å². The third-order valence-corrected chi connectivity index (χ3v) is 6.89. The number of pyridine rings is 1. The second-order valence-corrected chi connectivity index (χ2v) is 9.21. The molecule has 2 aliphatic carbocycles. The Balaban J connectivity index is 1.34. The minimum absolute atomic E-state index is 0.718. The highest BCUT2D eigenvalue weighted by Crippen LogP contribution is 2.40. The molecule has 0 atom stereocenters. The molecule has 30 heavy (non-hydrogen) atoms. The average molecular weight is 410 g/mol. The standard InChI is InChI=1S/C25H35N3O2/c1-29-23-15-20-22(16-24(23)30-14-6-13-28-11-3-2-4-12-28)27-21-8-5-7-19(21)25(20)26-17-18-9-10-18/h15-16,18H,2-14,17H2,1H3,(H,26,27). The van der Waals surface area contributed by atoms with Gasteiger partial charge in [0.2, 0.25) is 0 Å².